The Balaban J connectivity index is 1.78. The Hall–Kier alpha value is -0.680. The molecule has 0 spiro atoms. The minimum absolute atomic E-state index is 0.417. The van der Waals surface area contributed by atoms with E-state index >= 15 is 0 Å². The summed E-state index contributed by atoms with van der Waals surface area (Å²) in [5.41, 5.74) is -0.448. The van der Waals surface area contributed by atoms with E-state index in [1.165, 1.54) is 6.42 Å². The summed E-state index contributed by atoms with van der Waals surface area (Å²) in [6.45, 7) is 6.23. The van der Waals surface area contributed by atoms with Gasteiger partial charge < -0.3 is 10.0 Å². The lowest BCUT2D eigenvalue weighted by Crippen LogP contribution is -2.44. The van der Waals surface area contributed by atoms with Crippen LogP contribution in [0.15, 0.2) is 0 Å². The molecule has 0 radical (unpaired) electrons. The quantitative estimate of drug-likeness (QED) is 0.924. The summed E-state index contributed by atoms with van der Waals surface area (Å²) in [5, 5.41) is 21.5. The zero-order chi connectivity index (χ0) is 13.5. The van der Waals surface area contributed by atoms with E-state index in [2.05, 4.69) is 28.9 Å². The molecule has 106 valence electrons. The molecule has 1 saturated heterocycles. The summed E-state index contributed by atoms with van der Waals surface area (Å²) in [4.78, 5) is 2.35. The number of fused-ring (bicyclic) bond motifs is 1. The second-order valence-electron chi connectivity index (χ2n) is 5.95. The van der Waals surface area contributed by atoms with Crippen LogP contribution in [0.3, 0.4) is 0 Å². The highest BCUT2D eigenvalue weighted by Crippen LogP contribution is 2.45. The van der Waals surface area contributed by atoms with Crippen LogP contribution in [0.25, 0.3) is 0 Å². The highest BCUT2D eigenvalue weighted by atomic mass is 32.1. The van der Waals surface area contributed by atoms with Crippen LogP contribution in [0.1, 0.15) is 44.5 Å². The van der Waals surface area contributed by atoms with Crippen LogP contribution in [-0.4, -0.2) is 34.0 Å². The SMILES string of the molecule is CCc1nnc(N2C[C@H]3CCC[C@](O)(CC)[C@H]3C2)s1. The number of aliphatic hydroxyl groups is 1. The Labute approximate surface area is 118 Å². The first-order valence-corrected chi connectivity index (χ1v) is 8.27. The standard InChI is InChI=1S/C14H23N3OS/c1-3-12-15-16-13(19-12)17-8-10-6-5-7-14(18,4-2)11(10)9-17/h10-11,18H,3-9H2,1-2H3/t10-,11+,14-/m1/s1. The van der Waals surface area contributed by atoms with Gasteiger partial charge in [-0.25, -0.2) is 0 Å². The van der Waals surface area contributed by atoms with Crippen molar-refractivity contribution >= 4 is 16.5 Å². The van der Waals surface area contributed by atoms with Gasteiger partial charge in [-0.3, -0.25) is 0 Å². The van der Waals surface area contributed by atoms with Crippen LogP contribution < -0.4 is 4.90 Å². The summed E-state index contributed by atoms with van der Waals surface area (Å²) >= 11 is 1.71. The molecule has 4 nitrogen and oxygen atoms in total. The van der Waals surface area contributed by atoms with Crippen LogP contribution in [0.4, 0.5) is 5.13 Å². The largest absolute Gasteiger partial charge is 0.390 e. The van der Waals surface area contributed by atoms with E-state index in [1.807, 2.05) is 0 Å². The summed E-state index contributed by atoms with van der Waals surface area (Å²) in [6.07, 6.45) is 5.21. The number of nitrogens with zero attached hydrogens (tertiary/aromatic N) is 3. The lowest BCUT2D eigenvalue weighted by atomic mass is 9.69. The van der Waals surface area contributed by atoms with Gasteiger partial charge in [-0.05, 0) is 31.6 Å². The fourth-order valence-electron chi connectivity index (χ4n) is 3.74. The predicted octanol–water partition coefficient (Wildman–Crippen LogP) is 2.48. The summed E-state index contributed by atoms with van der Waals surface area (Å²) in [7, 11) is 0. The molecule has 3 rings (SSSR count). The van der Waals surface area contributed by atoms with E-state index in [0.717, 1.165) is 48.9 Å². The predicted molar refractivity (Wildman–Crippen MR) is 77.6 cm³/mol. The Morgan fingerprint density at radius 1 is 1.37 bits per heavy atom. The van der Waals surface area contributed by atoms with Crippen molar-refractivity contribution in [2.24, 2.45) is 11.8 Å². The zero-order valence-corrected chi connectivity index (χ0v) is 12.6. The number of hydrogen-bond acceptors (Lipinski definition) is 5. The van der Waals surface area contributed by atoms with Gasteiger partial charge in [0.25, 0.3) is 0 Å². The van der Waals surface area contributed by atoms with E-state index in [4.69, 9.17) is 0 Å². The lowest BCUT2D eigenvalue weighted by molar-refractivity contribution is -0.0597. The maximum Gasteiger partial charge on any atom is 0.208 e. The van der Waals surface area contributed by atoms with E-state index < -0.39 is 5.60 Å². The maximum absolute atomic E-state index is 10.8. The molecule has 5 heteroatoms. The van der Waals surface area contributed by atoms with Crippen molar-refractivity contribution in [2.45, 2.75) is 51.6 Å². The zero-order valence-electron chi connectivity index (χ0n) is 11.8. The molecule has 0 amide bonds. The van der Waals surface area contributed by atoms with E-state index in [9.17, 15) is 5.11 Å². The van der Waals surface area contributed by atoms with Gasteiger partial charge in [-0.2, -0.15) is 0 Å². The molecular formula is C14H23N3OS. The highest BCUT2D eigenvalue weighted by Gasteiger charge is 2.48. The van der Waals surface area contributed by atoms with Crippen LogP contribution in [0.2, 0.25) is 0 Å². The topological polar surface area (TPSA) is 49.2 Å². The number of hydrogen-bond donors (Lipinski definition) is 1. The van der Waals surface area contributed by atoms with Crippen molar-refractivity contribution in [1.82, 2.24) is 10.2 Å². The molecule has 1 aromatic rings. The fraction of sp³-hybridized carbons (Fsp3) is 0.857. The maximum atomic E-state index is 10.8. The number of aryl methyl sites for hydroxylation is 1. The minimum atomic E-state index is -0.448. The van der Waals surface area contributed by atoms with Gasteiger partial charge in [0.05, 0.1) is 5.60 Å². The van der Waals surface area contributed by atoms with E-state index in [1.54, 1.807) is 11.3 Å². The molecule has 0 aromatic carbocycles. The van der Waals surface area contributed by atoms with Crippen LogP contribution in [0.5, 0.6) is 0 Å². The molecule has 1 aromatic heterocycles. The van der Waals surface area contributed by atoms with Crippen molar-refractivity contribution in [2.75, 3.05) is 18.0 Å². The van der Waals surface area contributed by atoms with Crippen molar-refractivity contribution in [3.05, 3.63) is 5.01 Å². The number of rotatable bonds is 3. The first kappa shape index (κ1) is 13.3. The monoisotopic (exact) mass is 281 g/mol. The smallest absolute Gasteiger partial charge is 0.208 e. The number of aromatic nitrogens is 2. The molecule has 1 N–H and O–H groups in total. The van der Waals surface area contributed by atoms with Crippen LogP contribution in [-0.2, 0) is 6.42 Å². The van der Waals surface area contributed by atoms with Gasteiger partial charge in [-0.1, -0.05) is 31.6 Å². The molecule has 2 heterocycles. The summed E-state index contributed by atoms with van der Waals surface area (Å²) in [6, 6.07) is 0. The average Bonchev–Trinajstić information content (AvgIpc) is 3.05. The molecule has 1 aliphatic heterocycles. The summed E-state index contributed by atoms with van der Waals surface area (Å²) in [5.74, 6) is 1.05. The Kier molecular flexibility index (Phi) is 3.52. The third-order valence-corrected chi connectivity index (χ3v) is 6.09. The normalized spacial score (nSPS) is 34.6. The molecule has 3 atom stereocenters. The first-order valence-electron chi connectivity index (χ1n) is 7.46. The van der Waals surface area contributed by atoms with Gasteiger partial charge >= 0.3 is 0 Å². The third-order valence-electron chi connectivity index (χ3n) is 4.96. The van der Waals surface area contributed by atoms with Gasteiger partial charge in [0.2, 0.25) is 5.13 Å². The van der Waals surface area contributed by atoms with Gasteiger partial charge in [0.15, 0.2) is 0 Å². The van der Waals surface area contributed by atoms with Gasteiger partial charge in [0, 0.05) is 19.0 Å². The van der Waals surface area contributed by atoms with E-state index in [0.29, 0.717) is 11.8 Å². The van der Waals surface area contributed by atoms with Crippen molar-refractivity contribution in [1.29, 1.82) is 0 Å². The van der Waals surface area contributed by atoms with Crippen LogP contribution in [0, 0.1) is 11.8 Å². The molecule has 1 aliphatic carbocycles. The second-order valence-corrected chi connectivity index (χ2v) is 6.99. The van der Waals surface area contributed by atoms with Crippen molar-refractivity contribution in [3.63, 3.8) is 0 Å². The molecule has 19 heavy (non-hydrogen) atoms. The summed E-state index contributed by atoms with van der Waals surface area (Å²) < 4.78 is 0. The highest BCUT2D eigenvalue weighted by molar-refractivity contribution is 7.15. The van der Waals surface area contributed by atoms with Gasteiger partial charge in [0.1, 0.15) is 5.01 Å². The molecule has 0 unspecified atom stereocenters. The number of anilines is 1. The molecule has 1 saturated carbocycles. The Bertz CT molecular complexity index is 450. The minimum Gasteiger partial charge on any atom is -0.390 e. The fourth-order valence-corrected chi connectivity index (χ4v) is 4.54. The van der Waals surface area contributed by atoms with Gasteiger partial charge in [-0.15, -0.1) is 10.2 Å². The Morgan fingerprint density at radius 2 is 2.21 bits per heavy atom. The molecule has 0 bridgehead atoms. The van der Waals surface area contributed by atoms with Crippen molar-refractivity contribution in [3.8, 4) is 0 Å². The Morgan fingerprint density at radius 3 is 2.89 bits per heavy atom. The van der Waals surface area contributed by atoms with E-state index in [-0.39, 0.29) is 0 Å². The first-order chi connectivity index (χ1) is 9.16. The average molecular weight is 281 g/mol. The molecule has 2 aliphatic rings. The van der Waals surface area contributed by atoms with Crippen molar-refractivity contribution < 1.29 is 5.11 Å². The third kappa shape index (κ3) is 2.27. The second kappa shape index (κ2) is 5.02. The molecule has 2 fully saturated rings. The lowest BCUT2D eigenvalue weighted by Gasteiger charge is -2.40. The van der Waals surface area contributed by atoms with Crippen LogP contribution >= 0.6 is 11.3 Å². The molecular weight excluding hydrogens is 258 g/mol.